The molecule has 0 atom stereocenters. The van der Waals surface area contributed by atoms with Crippen LogP contribution in [0.3, 0.4) is 0 Å². The lowest BCUT2D eigenvalue weighted by Gasteiger charge is -2.08. The lowest BCUT2D eigenvalue weighted by Crippen LogP contribution is -1.96. The number of benzene rings is 1. The standard InChI is InChI=1S/C21H18FN3/c1-3-20-19(9-7-15-8-10-21(23-2)25-14-15)18(11-12-24-20)16-5-4-6-17(22)13-16/h4-6,8,10-14H,3H2,1-2H3,(H,23,25). The average molecular weight is 331 g/mol. The van der Waals surface area contributed by atoms with Crippen molar-refractivity contribution in [1.82, 2.24) is 9.97 Å². The van der Waals surface area contributed by atoms with Crippen LogP contribution < -0.4 is 5.32 Å². The molecule has 0 fully saturated rings. The van der Waals surface area contributed by atoms with Gasteiger partial charge in [-0.3, -0.25) is 4.98 Å². The maximum atomic E-state index is 13.6. The van der Waals surface area contributed by atoms with Crippen molar-refractivity contribution in [2.24, 2.45) is 0 Å². The number of pyridine rings is 2. The maximum Gasteiger partial charge on any atom is 0.125 e. The minimum atomic E-state index is -0.266. The number of aryl methyl sites for hydroxylation is 1. The summed E-state index contributed by atoms with van der Waals surface area (Å²) in [7, 11) is 1.82. The highest BCUT2D eigenvalue weighted by Gasteiger charge is 2.09. The number of halogens is 1. The van der Waals surface area contributed by atoms with Gasteiger partial charge in [-0.1, -0.05) is 30.9 Å². The van der Waals surface area contributed by atoms with Crippen LogP contribution in [0.2, 0.25) is 0 Å². The van der Waals surface area contributed by atoms with E-state index in [0.717, 1.165) is 40.2 Å². The zero-order valence-electron chi connectivity index (χ0n) is 14.2. The highest BCUT2D eigenvalue weighted by atomic mass is 19.1. The van der Waals surface area contributed by atoms with E-state index < -0.39 is 0 Å². The molecule has 124 valence electrons. The van der Waals surface area contributed by atoms with Gasteiger partial charge in [0.15, 0.2) is 0 Å². The van der Waals surface area contributed by atoms with Crippen molar-refractivity contribution >= 4 is 5.82 Å². The van der Waals surface area contributed by atoms with Crippen LogP contribution in [0.15, 0.2) is 54.9 Å². The van der Waals surface area contributed by atoms with E-state index in [0.29, 0.717) is 0 Å². The van der Waals surface area contributed by atoms with Gasteiger partial charge in [0.05, 0.1) is 11.3 Å². The van der Waals surface area contributed by atoms with E-state index >= 15 is 0 Å². The molecule has 2 aromatic heterocycles. The smallest absolute Gasteiger partial charge is 0.125 e. The van der Waals surface area contributed by atoms with Crippen molar-refractivity contribution in [2.45, 2.75) is 13.3 Å². The molecule has 0 saturated heterocycles. The van der Waals surface area contributed by atoms with Gasteiger partial charge in [-0.25, -0.2) is 9.37 Å². The molecule has 3 nitrogen and oxygen atoms in total. The number of nitrogens with zero attached hydrogens (tertiary/aromatic N) is 2. The molecule has 0 saturated carbocycles. The average Bonchev–Trinajstić information content (AvgIpc) is 2.66. The first-order chi connectivity index (χ1) is 12.2. The molecule has 0 radical (unpaired) electrons. The predicted octanol–water partition coefficient (Wildman–Crippen LogP) is 4.29. The van der Waals surface area contributed by atoms with Crippen LogP contribution in [0.25, 0.3) is 11.1 Å². The molecule has 4 heteroatoms. The van der Waals surface area contributed by atoms with Crippen molar-refractivity contribution in [1.29, 1.82) is 0 Å². The van der Waals surface area contributed by atoms with Crippen molar-refractivity contribution < 1.29 is 4.39 Å². The van der Waals surface area contributed by atoms with E-state index in [1.807, 2.05) is 38.2 Å². The number of anilines is 1. The van der Waals surface area contributed by atoms with Gasteiger partial charge in [-0.15, -0.1) is 0 Å². The van der Waals surface area contributed by atoms with E-state index in [2.05, 4.69) is 27.1 Å². The van der Waals surface area contributed by atoms with Crippen molar-refractivity contribution in [3.8, 4) is 23.0 Å². The molecule has 0 bridgehead atoms. The Morgan fingerprint density at radius 1 is 1.08 bits per heavy atom. The fraction of sp³-hybridized carbons (Fsp3) is 0.143. The minimum Gasteiger partial charge on any atom is -0.373 e. The SMILES string of the molecule is CCc1nccc(-c2cccc(F)c2)c1C#Cc1ccc(NC)nc1. The van der Waals surface area contributed by atoms with Crippen LogP contribution in [0.4, 0.5) is 10.2 Å². The lowest BCUT2D eigenvalue weighted by molar-refractivity contribution is 0.628. The van der Waals surface area contributed by atoms with Crippen LogP contribution in [0.1, 0.15) is 23.7 Å². The van der Waals surface area contributed by atoms with E-state index in [1.165, 1.54) is 12.1 Å². The quantitative estimate of drug-likeness (QED) is 0.728. The summed E-state index contributed by atoms with van der Waals surface area (Å²) in [6.07, 6.45) is 4.22. The first kappa shape index (κ1) is 16.7. The molecule has 1 aromatic carbocycles. The summed E-state index contributed by atoms with van der Waals surface area (Å²) in [5.41, 5.74) is 4.22. The molecule has 25 heavy (non-hydrogen) atoms. The van der Waals surface area contributed by atoms with Crippen LogP contribution in [0, 0.1) is 17.7 Å². The van der Waals surface area contributed by atoms with E-state index in [9.17, 15) is 4.39 Å². The van der Waals surface area contributed by atoms with Gasteiger partial charge < -0.3 is 5.32 Å². The fourth-order valence-electron chi connectivity index (χ4n) is 2.56. The summed E-state index contributed by atoms with van der Waals surface area (Å²) >= 11 is 0. The zero-order valence-corrected chi connectivity index (χ0v) is 14.2. The normalized spacial score (nSPS) is 10.0. The molecule has 2 heterocycles. The van der Waals surface area contributed by atoms with Gasteiger partial charge >= 0.3 is 0 Å². The third kappa shape index (κ3) is 3.84. The van der Waals surface area contributed by atoms with Crippen LogP contribution in [-0.2, 0) is 6.42 Å². The molecule has 0 aliphatic carbocycles. The molecule has 0 aliphatic rings. The molecule has 1 N–H and O–H groups in total. The molecule has 0 aliphatic heterocycles. The maximum absolute atomic E-state index is 13.6. The Labute approximate surface area is 147 Å². The number of aromatic nitrogens is 2. The van der Waals surface area contributed by atoms with Crippen molar-refractivity contribution in [3.63, 3.8) is 0 Å². The number of hydrogen-bond donors (Lipinski definition) is 1. The van der Waals surface area contributed by atoms with Gasteiger partial charge in [-0.05, 0) is 42.3 Å². The van der Waals surface area contributed by atoms with Crippen molar-refractivity contribution in [3.05, 3.63) is 77.5 Å². The predicted molar refractivity (Wildman–Crippen MR) is 98.8 cm³/mol. The van der Waals surface area contributed by atoms with Crippen LogP contribution in [-0.4, -0.2) is 17.0 Å². The van der Waals surface area contributed by atoms with Gasteiger partial charge in [0.2, 0.25) is 0 Å². The van der Waals surface area contributed by atoms with Crippen LogP contribution >= 0.6 is 0 Å². The molecule has 0 amide bonds. The fourth-order valence-corrected chi connectivity index (χ4v) is 2.56. The summed E-state index contributed by atoms with van der Waals surface area (Å²) in [6.45, 7) is 2.03. The lowest BCUT2D eigenvalue weighted by atomic mass is 9.98. The van der Waals surface area contributed by atoms with Gasteiger partial charge in [-0.2, -0.15) is 0 Å². The van der Waals surface area contributed by atoms with Gasteiger partial charge in [0, 0.05) is 30.6 Å². The van der Waals surface area contributed by atoms with Crippen molar-refractivity contribution in [2.75, 3.05) is 12.4 Å². The van der Waals surface area contributed by atoms with Crippen LogP contribution in [0.5, 0.6) is 0 Å². The first-order valence-corrected chi connectivity index (χ1v) is 8.11. The monoisotopic (exact) mass is 331 g/mol. The zero-order chi connectivity index (χ0) is 17.6. The Morgan fingerprint density at radius 3 is 2.64 bits per heavy atom. The molecular weight excluding hydrogens is 313 g/mol. The second kappa shape index (κ2) is 7.59. The largest absolute Gasteiger partial charge is 0.373 e. The Balaban J connectivity index is 2.07. The molecular formula is C21H18FN3. The Morgan fingerprint density at radius 2 is 1.96 bits per heavy atom. The summed E-state index contributed by atoms with van der Waals surface area (Å²) < 4.78 is 13.6. The molecule has 0 unspecified atom stereocenters. The van der Waals surface area contributed by atoms with E-state index in [1.54, 1.807) is 18.5 Å². The summed E-state index contributed by atoms with van der Waals surface area (Å²) in [4.78, 5) is 8.69. The van der Waals surface area contributed by atoms with Gasteiger partial charge in [0.25, 0.3) is 0 Å². The Bertz CT molecular complexity index is 937. The molecule has 3 aromatic rings. The Hall–Kier alpha value is -3.19. The summed E-state index contributed by atoms with van der Waals surface area (Å²) in [5.74, 6) is 6.87. The molecule has 3 rings (SSSR count). The highest BCUT2D eigenvalue weighted by Crippen LogP contribution is 2.25. The highest BCUT2D eigenvalue weighted by molar-refractivity contribution is 5.72. The number of hydrogen-bond acceptors (Lipinski definition) is 3. The summed E-state index contributed by atoms with van der Waals surface area (Å²) in [6, 6.07) is 12.2. The topological polar surface area (TPSA) is 37.8 Å². The van der Waals surface area contributed by atoms with E-state index in [4.69, 9.17) is 0 Å². The summed E-state index contributed by atoms with van der Waals surface area (Å²) in [5, 5.41) is 2.98. The number of rotatable bonds is 3. The second-order valence-corrected chi connectivity index (χ2v) is 5.48. The first-order valence-electron chi connectivity index (χ1n) is 8.11. The van der Waals surface area contributed by atoms with E-state index in [-0.39, 0.29) is 5.82 Å². The second-order valence-electron chi connectivity index (χ2n) is 5.48. The van der Waals surface area contributed by atoms with Gasteiger partial charge in [0.1, 0.15) is 11.6 Å². The Kier molecular flexibility index (Phi) is 5.06. The molecule has 0 spiro atoms. The minimum absolute atomic E-state index is 0.266. The number of nitrogens with one attached hydrogen (secondary N) is 1. The third-order valence-corrected chi connectivity index (χ3v) is 3.85. The third-order valence-electron chi connectivity index (χ3n) is 3.85.